The molecule has 1 saturated carbocycles. The van der Waals surface area contributed by atoms with Gasteiger partial charge in [0.1, 0.15) is 0 Å². The molecule has 3 aliphatic rings. The predicted octanol–water partition coefficient (Wildman–Crippen LogP) is 1.40. The largest absolute Gasteiger partial charge is 1.00 e. The van der Waals surface area contributed by atoms with Crippen molar-refractivity contribution in [2.75, 3.05) is 0 Å². The summed E-state index contributed by atoms with van der Waals surface area (Å²) in [5.41, 5.74) is 6.03. The van der Waals surface area contributed by atoms with Crippen molar-refractivity contribution in [2.45, 2.75) is 51.4 Å². The molecule has 0 saturated heterocycles. The van der Waals surface area contributed by atoms with Gasteiger partial charge in [-0.25, -0.2) is 0 Å². The molecule has 0 atom stereocenters. The Morgan fingerprint density at radius 2 is 1.53 bits per heavy atom. The van der Waals surface area contributed by atoms with Crippen molar-refractivity contribution in [1.29, 1.82) is 0 Å². The van der Waals surface area contributed by atoms with Crippen LogP contribution in [0.15, 0.2) is 60.8 Å². The Balaban J connectivity index is 0.00000128. The number of halogens is 4. The van der Waals surface area contributed by atoms with E-state index in [0.717, 1.165) is 6.42 Å². The molecule has 3 aliphatic carbocycles. The van der Waals surface area contributed by atoms with Crippen LogP contribution in [0.25, 0.3) is 11.1 Å². The average molecular weight is 646 g/mol. The number of fused-ring (bicyclic) bond motifs is 3. The molecule has 0 heterocycles. The molecule has 5 rings (SSSR count). The summed E-state index contributed by atoms with van der Waals surface area (Å²) in [6.45, 7) is 0. The molecule has 0 N–H and O–H groups in total. The molecule has 0 radical (unpaired) electrons. The molecule has 0 nitrogen and oxygen atoms in total. The zero-order chi connectivity index (χ0) is 19.1. The molecule has 1 fully saturated rings. The summed E-state index contributed by atoms with van der Waals surface area (Å²) in [4.78, 5) is 0. The third-order valence-electron chi connectivity index (χ3n) is 6.37. The smallest absolute Gasteiger partial charge is 1.00 e. The van der Waals surface area contributed by atoms with Crippen molar-refractivity contribution in [3.63, 3.8) is 0 Å². The first-order valence-corrected chi connectivity index (χ1v) is 15.7. The fraction of sp³-hybridized carbons (Fsp3) is 0.320. The molecule has 2 aromatic carbocycles. The van der Waals surface area contributed by atoms with Crippen LogP contribution in [0, 0.1) is 0 Å². The van der Waals surface area contributed by atoms with E-state index in [-0.39, 0.29) is 24.8 Å². The minimum Gasteiger partial charge on any atom is -1.00 e. The standard InChI is InChI=1S/C13H7Br2.C7H12.C5H5.2ClH.Zr/c14-10-3-1-8-5-9-2-4-11(15)7-13(9)12(8)6-10;1-2-4-6-7-5-3-1;1-2-4-5-3-1;;;/h1,3-4,6-7H,5H2;1-6H2;1-3H,4H2;2*1H;/q;;;;;+2/p-2. The van der Waals surface area contributed by atoms with Crippen LogP contribution in [0.4, 0.5) is 0 Å². The number of hydrogen-bond donors (Lipinski definition) is 0. The summed E-state index contributed by atoms with van der Waals surface area (Å²) in [5.74, 6) is 0. The number of benzene rings is 2. The Kier molecular flexibility index (Phi) is 9.02. The first kappa shape index (κ1) is 24.8. The summed E-state index contributed by atoms with van der Waals surface area (Å²) in [5, 5.41) is 0. The van der Waals surface area contributed by atoms with Gasteiger partial charge in [-0.2, -0.15) is 0 Å². The maximum absolute atomic E-state index is 3.88. The van der Waals surface area contributed by atoms with Crippen LogP contribution in [-0.2, 0) is 27.7 Å². The van der Waals surface area contributed by atoms with Gasteiger partial charge in [0.25, 0.3) is 0 Å². The second-order valence-electron chi connectivity index (χ2n) is 8.17. The van der Waals surface area contributed by atoms with Crippen LogP contribution in [0.3, 0.4) is 0 Å². The molecular formula is C25H24Br2Cl2Zr. The fourth-order valence-electron chi connectivity index (χ4n) is 5.06. The van der Waals surface area contributed by atoms with E-state index in [0.29, 0.717) is 0 Å². The number of rotatable bonds is 2. The van der Waals surface area contributed by atoms with Gasteiger partial charge in [-0.15, -0.1) is 0 Å². The topological polar surface area (TPSA) is 0 Å². The van der Waals surface area contributed by atoms with Gasteiger partial charge < -0.3 is 24.8 Å². The van der Waals surface area contributed by atoms with E-state index in [2.05, 4.69) is 80.4 Å². The second kappa shape index (κ2) is 10.9. The summed E-state index contributed by atoms with van der Waals surface area (Å²) in [7, 11) is 0. The van der Waals surface area contributed by atoms with E-state index in [1.165, 1.54) is 70.6 Å². The van der Waals surface area contributed by atoms with Crippen molar-refractivity contribution in [1.82, 2.24) is 0 Å². The minimum absolute atomic E-state index is 0. The van der Waals surface area contributed by atoms with Gasteiger partial charge in [0, 0.05) is 0 Å². The Bertz CT molecular complexity index is 1040. The Labute approximate surface area is 216 Å². The summed E-state index contributed by atoms with van der Waals surface area (Å²) < 4.78 is 7.93. The SMILES string of the molecule is Brc1ccc2c(c1)-c1cc(Br)c[c]([Zr+2]([C]3=CC=CC3)=[C]3CCCCCC3)c1C2.[Cl-].[Cl-]. The molecule has 0 spiro atoms. The van der Waals surface area contributed by atoms with Gasteiger partial charge in [-0.1, -0.05) is 0 Å². The molecule has 156 valence electrons. The van der Waals surface area contributed by atoms with E-state index in [1.807, 2.05) is 3.21 Å². The normalized spacial score (nSPS) is 16.4. The van der Waals surface area contributed by atoms with Crippen LogP contribution >= 0.6 is 31.9 Å². The molecule has 5 heteroatoms. The second-order valence-corrected chi connectivity index (χ2v) is 16.5. The van der Waals surface area contributed by atoms with Crippen molar-refractivity contribution in [3.05, 3.63) is 71.9 Å². The van der Waals surface area contributed by atoms with Crippen LogP contribution in [-0.4, -0.2) is 3.21 Å². The summed E-state index contributed by atoms with van der Waals surface area (Å²) in [6, 6.07) is 11.7. The Hall–Kier alpha value is 0.213. The zero-order valence-corrected chi connectivity index (χ0v) is 23.9. The first-order chi connectivity index (χ1) is 13.7. The summed E-state index contributed by atoms with van der Waals surface area (Å²) >= 11 is 5.53. The van der Waals surface area contributed by atoms with E-state index < -0.39 is 21.3 Å². The molecule has 0 bridgehead atoms. The van der Waals surface area contributed by atoms with Crippen LogP contribution in [0.5, 0.6) is 0 Å². The average Bonchev–Trinajstić information content (AvgIpc) is 3.24. The maximum atomic E-state index is 3.88. The first-order valence-electron chi connectivity index (χ1n) is 10.4. The molecule has 30 heavy (non-hydrogen) atoms. The zero-order valence-electron chi connectivity index (χ0n) is 16.8. The fourth-order valence-corrected chi connectivity index (χ4v) is 14.9. The Morgan fingerprint density at radius 3 is 2.23 bits per heavy atom. The number of allylic oxidation sites excluding steroid dienone is 4. The van der Waals surface area contributed by atoms with E-state index >= 15 is 0 Å². The van der Waals surface area contributed by atoms with Crippen molar-refractivity contribution < 1.29 is 46.1 Å². The van der Waals surface area contributed by atoms with Crippen molar-refractivity contribution in [2.24, 2.45) is 0 Å². The van der Waals surface area contributed by atoms with Crippen molar-refractivity contribution in [3.8, 4) is 11.1 Å². The van der Waals surface area contributed by atoms with Gasteiger partial charge >= 0.3 is 194 Å². The van der Waals surface area contributed by atoms with Gasteiger partial charge in [-0.05, 0) is 0 Å². The summed E-state index contributed by atoms with van der Waals surface area (Å²) in [6.07, 6.45) is 17.9. The maximum Gasteiger partial charge on any atom is -1.00 e. The third-order valence-corrected chi connectivity index (χ3v) is 15.2. The van der Waals surface area contributed by atoms with E-state index in [4.69, 9.17) is 0 Å². The predicted molar refractivity (Wildman–Crippen MR) is 124 cm³/mol. The van der Waals surface area contributed by atoms with Gasteiger partial charge in [0.05, 0.1) is 0 Å². The monoisotopic (exact) mass is 642 g/mol. The minimum atomic E-state index is -2.04. The van der Waals surface area contributed by atoms with Crippen molar-refractivity contribution >= 4 is 38.3 Å². The quantitative estimate of drug-likeness (QED) is 0.370. The molecule has 0 amide bonds. The van der Waals surface area contributed by atoms with Gasteiger partial charge in [-0.3, -0.25) is 0 Å². The Morgan fingerprint density at radius 1 is 0.800 bits per heavy atom. The number of hydrogen-bond acceptors (Lipinski definition) is 0. The van der Waals surface area contributed by atoms with E-state index in [1.54, 1.807) is 12.1 Å². The van der Waals surface area contributed by atoms with Crippen LogP contribution in [0.1, 0.15) is 56.1 Å². The van der Waals surface area contributed by atoms with Gasteiger partial charge in [0.15, 0.2) is 0 Å². The molecule has 0 unspecified atom stereocenters. The molecule has 0 aromatic heterocycles. The molecular weight excluding hydrogens is 622 g/mol. The van der Waals surface area contributed by atoms with Crippen LogP contribution in [0.2, 0.25) is 0 Å². The molecule has 0 aliphatic heterocycles. The van der Waals surface area contributed by atoms with Gasteiger partial charge in [0.2, 0.25) is 0 Å². The van der Waals surface area contributed by atoms with Crippen LogP contribution < -0.4 is 28.1 Å². The van der Waals surface area contributed by atoms with E-state index in [9.17, 15) is 0 Å². The molecule has 2 aromatic rings. The third kappa shape index (κ3) is 4.91.